The Hall–Kier alpha value is -2.16. The monoisotopic (exact) mass is 415 g/mol. The first-order valence-electron chi connectivity index (χ1n) is 8.12. The highest BCUT2D eigenvalue weighted by molar-refractivity contribution is 7.74. The molecule has 0 aliphatic carbocycles. The van der Waals surface area contributed by atoms with E-state index >= 15 is 0 Å². The SMILES string of the molecule is CCOC(=O)c1ccc(N(c2cc(Cl)ccc2CC(C)O)[SH](=O)=O)c(F)c1. The fourth-order valence-electron chi connectivity index (χ4n) is 2.55. The quantitative estimate of drug-likeness (QED) is 0.535. The normalized spacial score (nSPS) is 12.1. The molecule has 0 spiro atoms. The Labute approximate surface area is 163 Å². The lowest BCUT2D eigenvalue weighted by Gasteiger charge is -2.22. The van der Waals surface area contributed by atoms with Crippen LogP contribution in [0.25, 0.3) is 0 Å². The van der Waals surface area contributed by atoms with E-state index in [1.54, 1.807) is 26.0 Å². The lowest BCUT2D eigenvalue weighted by molar-refractivity contribution is 0.0526. The second-order valence-electron chi connectivity index (χ2n) is 5.76. The largest absolute Gasteiger partial charge is 0.462 e. The highest BCUT2D eigenvalue weighted by atomic mass is 35.5. The summed E-state index contributed by atoms with van der Waals surface area (Å²) in [4.78, 5) is 11.7. The maximum absolute atomic E-state index is 14.6. The molecule has 1 N–H and O–H groups in total. The topological polar surface area (TPSA) is 83.9 Å². The van der Waals surface area contributed by atoms with Gasteiger partial charge in [0.25, 0.3) is 0 Å². The van der Waals surface area contributed by atoms with Gasteiger partial charge in [0.15, 0.2) is 0 Å². The van der Waals surface area contributed by atoms with E-state index in [0.717, 1.165) is 10.4 Å². The molecule has 0 heterocycles. The Kier molecular flexibility index (Phi) is 7.18. The average molecular weight is 416 g/mol. The average Bonchev–Trinajstić information content (AvgIpc) is 2.58. The highest BCUT2D eigenvalue weighted by Gasteiger charge is 2.22. The van der Waals surface area contributed by atoms with Crippen molar-refractivity contribution in [3.8, 4) is 0 Å². The summed E-state index contributed by atoms with van der Waals surface area (Å²) in [6, 6.07) is 7.88. The molecule has 2 aromatic rings. The van der Waals surface area contributed by atoms with Gasteiger partial charge in [-0.1, -0.05) is 17.7 Å². The minimum Gasteiger partial charge on any atom is -0.462 e. The molecule has 0 fully saturated rings. The number of carbonyl (C=O) groups is 1. The van der Waals surface area contributed by atoms with Crippen LogP contribution in [0.15, 0.2) is 36.4 Å². The number of aliphatic hydroxyl groups is 1. The Balaban J connectivity index is 2.57. The van der Waals surface area contributed by atoms with E-state index in [0.29, 0.717) is 5.56 Å². The number of hydrogen-bond acceptors (Lipinski definition) is 5. The van der Waals surface area contributed by atoms with Gasteiger partial charge in [0.2, 0.25) is 10.9 Å². The third kappa shape index (κ3) is 5.18. The van der Waals surface area contributed by atoms with Gasteiger partial charge in [-0.05, 0) is 49.7 Å². The van der Waals surface area contributed by atoms with E-state index in [2.05, 4.69) is 0 Å². The van der Waals surface area contributed by atoms with Gasteiger partial charge in [0, 0.05) is 11.4 Å². The van der Waals surface area contributed by atoms with Crippen molar-refractivity contribution >= 4 is 39.8 Å². The summed E-state index contributed by atoms with van der Waals surface area (Å²) >= 11 is 5.99. The highest BCUT2D eigenvalue weighted by Crippen LogP contribution is 2.34. The summed E-state index contributed by atoms with van der Waals surface area (Å²) in [5.41, 5.74) is 0.299. The zero-order chi connectivity index (χ0) is 20.1. The first-order chi connectivity index (χ1) is 12.7. The lowest BCUT2D eigenvalue weighted by atomic mass is 10.1. The number of rotatable bonds is 7. The van der Waals surface area contributed by atoms with Crippen LogP contribution >= 0.6 is 11.6 Å². The Morgan fingerprint density at radius 3 is 2.52 bits per heavy atom. The maximum Gasteiger partial charge on any atom is 0.338 e. The molecule has 0 aliphatic heterocycles. The molecule has 0 saturated heterocycles. The molecule has 0 aromatic heterocycles. The van der Waals surface area contributed by atoms with Crippen LogP contribution in [-0.4, -0.2) is 32.2 Å². The van der Waals surface area contributed by atoms with E-state index in [9.17, 15) is 22.7 Å². The number of nitrogens with zero attached hydrogens (tertiary/aromatic N) is 1. The summed E-state index contributed by atoms with van der Waals surface area (Å²) in [5.74, 6) is -1.62. The van der Waals surface area contributed by atoms with Crippen molar-refractivity contribution in [2.75, 3.05) is 10.9 Å². The van der Waals surface area contributed by atoms with E-state index < -0.39 is 28.8 Å². The number of hydrogen-bond donors (Lipinski definition) is 2. The predicted octanol–water partition coefficient (Wildman–Crippen LogP) is 3.24. The predicted molar refractivity (Wildman–Crippen MR) is 102 cm³/mol. The van der Waals surface area contributed by atoms with Crippen LogP contribution in [-0.2, 0) is 22.0 Å². The van der Waals surface area contributed by atoms with Gasteiger partial charge in [-0.25, -0.2) is 21.9 Å². The van der Waals surface area contributed by atoms with Crippen molar-refractivity contribution in [3.05, 3.63) is 58.4 Å². The fourth-order valence-corrected chi connectivity index (χ4v) is 3.42. The second-order valence-corrected chi connectivity index (χ2v) is 7.07. The van der Waals surface area contributed by atoms with E-state index in [-0.39, 0.29) is 35.0 Å². The van der Waals surface area contributed by atoms with Gasteiger partial charge in [-0.2, -0.15) is 0 Å². The van der Waals surface area contributed by atoms with Gasteiger partial charge in [0.1, 0.15) is 5.82 Å². The summed E-state index contributed by atoms with van der Waals surface area (Å²) in [5, 5.41) is 9.92. The Bertz CT molecular complexity index is 909. The van der Waals surface area contributed by atoms with E-state index in [1.165, 1.54) is 18.2 Å². The smallest absolute Gasteiger partial charge is 0.338 e. The molecule has 0 aliphatic rings. The Morgan fingerprint density at radius 1 is 1.26 bits per heavy atom. The molecule has 0 saturated carbocycles. The number of benzene rings is 2. The molecule has 146 valence electrons. The van der Waals surface area contributed by atoms with Crippen LogP contribution < -0.4 is 4.31 Å². The lowest BCUT2D eigenvalue weighted by Crippen LogP contribution is -2.19. The molecule has 2 aromatic carbocycles. The maximum atomic E-state index is 14.6. The fraction of sp³-hybridized carbons (Fsp3) is 0.278. The number of aliphatic hydroxyl groups excluding tert-OH is 1. The van der Waals surface area contributed by atoms with Crippen LogP contribution in [0.1, 0.15) is 29.8 Å². The number of ether oxygens (including phenoxy) is 1. The van der Waals surface area contributed by atoms with Gasteiger partial charge in [-0.15, -0.1) is 0 Å². The molecular formula is C18H19ClFNO5S. The van der Waals surface area contributed by atoms with E-state index in [4.69, 9.17) is 16.3 Å². The molecule has 2 rings (SSSR count). The number of thiol groups is 1. The molecular weight excluding hydrogens is 397 g/mol. The van der Waals surface area contributed by atoms with Crippen molar-refractivity contribution in [2.24, 2.45) is 0 Å². The minimum absolute atomic E-state index is 0.0329. The zero-order valence-electron chi connectivity index (χ0n) is 14.7. The molecule has 1 atom stereocenters. The van der Waals surface area contributed by atoms with Crippen molar-refractivity contribution in [2.45, 2.75) is 26.4 Å². The second kappa shape index (κ2) is 9.16. The van der Waals surface area contributed by atoms with Gasteiger partial charge in [-0.3, -0.25) is 0 Å². The van der Waals surface area contributed by atoms with Gasteiger partial charge < -0.3 is 9.84 Å². The van der Waals surface area contributed by atoms with Crippen molar-refractivity contribution in [1.82, 2.24) is 0 Å². The van der Waals surface area contributed by atoms with Crippen LogP contribution in [0.3, 0.4) is 0 Å². The van der Waals surface area contributed by atoms with Crippen molar-refractivity contribution in [3.63, 3.8) is 0 Å². The van der Waals surface area contributed by atoms with E-state index in [1.807, 2.05) is 0 Å². The third-order valence-electron chi connectivity index (χ3n) is 3.64. The summed E-state index contributed by atoms with van der Waals surface area (Å²) < 4.78 is 44.1. The first kappa shape index (κ1) is 21.1. The minimum atomic E-state index is -3.28. The summed E-state index contributed by atoms with van der Waals surface area (Å²) in [6.07, 6.45) is -0.596. The summed E-state index contributed by atoms with van der Waals surface area (Å²) in [6.45, 7) is 3.30. The first-order valence-corrected chi connectivity index (χ1v) is 9.63. The van der Waals surface area contributed by atoms with Crippen LogP contribution in [0.5, 0.6) is 0 Å². The van der Waals surface area contributed by atoms with Crippen LogP contribution in [0, 0.1) is 5.82 Å². The molecule has 0 bridgehead atoms. The van der Waals surface area contributed by atoms with Crippen molar-refractivity contribution in [1.29, 1.82) is 0 Å². The standard InChI is InChI=1S/C18H19ClFNO5S/c1-3-26-18(23)13-5-7-16(15(20)9-13)21(27(24)25)17-10-14(19)6-4-12(17)8-11(2)22/h4-7,9-11,22,27H,3,8H2,1-2H3. The molecule has 6 nitrogen and oxygen atoms in total. The number of esters is 1. The van der Waals surface area contributed by atoms with Gasteiger partial charge >= 0.3 is 5.97 Å². The molecule has 9 heteroatoms. The Morgan fingerprint density at radius 2 is 1.96 bits per heavy atom. The number of anilines is 2. The zero-order valence-corrected chi connectivity index (χ0v) is 16.3. The van der Waals surface area contributed by atoms with Gasteiger partial charge in [0.05, 0.1) is 29.6 Å². The summed E-state index contributed by atoms with van der Waals surface area (Å²) in [7, 11) is -3.28. The van der Waals surface area contributed by atoms with Crippen LogP contribution in [0.2, 0.25) is 5.02 Å². The number of halogens is 2. The van der Waals surface area contributed by atoms with Crippen LogP contribution in [0.4, 0.5) is 15.8 Å². The molecule has 0 amide bonds. The molecule has 1 unspecified atom stereocenters. The molecule has 0 radical (unpaired) electrons. The molecule has 27 heavy (non-hydrogen) atoms. The third-order valence-corrected chi connectivity index (χ3v) is 4.63. The number of carbonyl (C=O) groups excluding carboxylic acids is 1. The van der Waals surface area contributed by atoms with Crippen molar-refractivity contribution < 1.29 is 27.4 Å².